The molecule has 0 aromatic heterocycles. The smallest absolute Gasteiger partial charge is 0.316 e. The van der Waals surface area contributed by atoms with Crippen LogP contribution in [0.3, 0.4) is 0 Å². The number of unbranched alkanes of at least 4 members (excludes halogenated alkanes) is 3. The highest BCUT2D eigenvalue weighted by Gasteiger charge is 2.32. The molecule has 6 nitrogen and oxygen atoms in total. The summed E-state index contributed by atoms with van der Waals surface area (Å²) in [6.45, 7) is 0. The zero-order valence-corrected chi connectivity index (χ0v) is 15.5. The molecule has 1 aromatic rings. The van der Waals surface area contributed by atoms with E-state index in [9.17, 15) is 14.4 Å². The van der Waals surface area contributed by atoms with Gasteiger partial charge >= 0.3 is 12.0 Å². The molecular formula is C21H28N2O4. The molecule has 0 radical (unpaired) electrons. The summed E-state index contributed by atoms with van der Waals surface area (Å²) in [6, 6.07) is 6.79. The van der Waals surface area contributed by atoms with Crippen molar-refractivity contribution in [2.45, 2.75) is 51.4 Å². The number of nitrogens with two attached hydrogens (primary N) is 1. The number of Topliss-reactive ketones (excluding diaryl/α,β-unsaturated/α-hetero) is 1. The molecule has 27 heavy (non-hydrogen) atoms. The molecule has 0 bridgehead atoms. The summed E-state index contributed by atoms with van der Waals surface area (Å²) >= 11 is 0. The number of carbonyl (C=O) groups excluding carboxylic acids is 2. The van der Waals surface area contributed by atoms with Gasteiger partial charge in [0.1, 0.15) is 5.78 Å². The molecule has 1 aliphatic carbocycles. The van der Waals surface area contributed by atoms with Crippen LogP contribution in [0.25, 0.3) is 6.08 Å². The van der Waals surface area contributed by atoms with Crippen LogP contribution < -0.4 is 11.1 Å². The summed E-state index contributed by atoms with van der Waals surface area (Å²) in [7, 11) is 0. The third-order valence-electron chi connectivity index (χ3n) is 5.02. The summed E-state index contributed by atoms with van der Waals surface area (Å²) < 4.78 is 0. The molecule has 0 spiro atoms. The van der Waals surface area contributed by atoms with Crippen molar-refractivity contribution in [3.8, 4) is 0 Å². The van der Waals surface area contributed by atoms with Crippen molar-refractivity contribution in [3.05, 3.63) is 35.9 Å². The number of amides is 2. The lowest BCUT2D eigenvalue weighted by atomic mass is 9.89. The number of allylic oxidation sites excluding steroid dienone is 1. The second kappa shape index (κ2) is 10.5. The molecule has 0 saturated heterocycles. The van der Waals surface area contributed by atoms with Crippen LogP contribution in [0.4, 0.5) is 10.5 Å². The van der Waals surface area contributed by atoms with E-state index in [0.717, 1.165) is 37.7 Å². The average molecular weight is 372 g/mol. The highest BCUT2D eigenvalue weighted by Crippen LogP contribution is 2.34. The van der Waals surface area contributed by atoms with E-state index in [2.05, 4.69) is 11.4 Å². The van der Waals surface area contributed by atoms with Crippen molar-refractivity contribution in [1.29, 1.82) is 0 Å². The number of carboxylic acid groups (broad SMARTS) is 1. The van der Waals surface area contributed by atoms with E-state index in [1.54, 1.807) is 12.1 Å². The number of primary amides is 1. The normalized spacial score (nSPS) is 19.5. The average Bonchev–Trinajstić information content (AvgIpc) is 2.96. The SMILES string of the molecule is NC(=O)Nc1ccc(C=CC2CCC(=O)C2CCCCCCC(=O)O)cc1. The van der Waals surface area contributed by atoms with Crippen LogP contribution in [0.5, 0.6) is 0 Å². The maximum absolute atomic E-state index is 12.2. The lowest BCUT2D eigenvalue weighted by Crippen LogP contribution is -2.19. The molecule has 1 aliphatic rings. The maximum Gasteiger partial charge on any atom is 0.316 e. The van der Waals surface area contributed by atoms with Crippen molar-refractivity contribution in [2.24, 2.45) is 17.6 Å². The molecule has 146 valence electrons. The fraction of sp³-hybridized carbons (Fsp3) is 0.476. The highest BCUT2D eigenvalue weighted by atomic mass is 16.4. The molecule has 2 unspecified atom stereocenters. The van der Waals surface area contributed by atoms with Crippen LogP contribution in [0.1, 0.15) is 56.9 Å². The number of benzene rings is 1. The van der Waals surface area contributed by atoms with Gasteiger partial charge in [-0.3, -0.25) is 9.59 Å². The van der Waals surface area contributed by atoms with Gasteiger partial charge in [-0.25, -0.2) is 4.79 Å². The van der Waals surface area contributed by atoms with E-state index in [-0.39, 0.29) is 18.3 Å². The summed E-state index contributed by atoms with van der Waals surface area (Å²) in [4.78, 5) is 33.5. The molecule has 2 atom stereocenters. The monoisotopic (exact) mass is 372 g/mol. The Morgan fingerprint density at radius 3 is 2.52 bits per heavy atom. The van der Waals surface area contributed by atoms with Crippen LogP contribution in [0, 0.1) is 11.8 Å². The minimum absolute atomic E-state index is 0.0801. The van der Waals surface area contributed by atoms with Gasteiger partial charge in [0.2, 0.25) is 0 Å². The maximum atomic E-state index is 12.2. The van der Waals surface area contributed by atoms with E-state index in [1.165, 1.54) is 0 Å². The number of carboxylic acids is 1. The van der Waals surface area contributed by atoms with Crippen molar-refractivity contribution >= 4 is 29.5 Å². The lowest BCUT2D eigenvalue weighted by molar-refractivity contribution is -0.137. The van der Waals surface area contributed by atoms with E-state index >= 15 is 0 Å². The largest absolute Gasteiger partial charge is 0.481 e. The van der Waals surface area contributed by atoms with Gasteiger partial charge in [0, 0.05) is 24.4 Å². The summed E-state index contributed by atoms with van der Waals surface area (Å²) in [5.41, 5.74) is 6.75. The van der Waals surface area contributed by atoms with Gasteiger partial charge in [-0.15, -0.1) is 0 Å². The minimum Gasteiger partial charge on any atom is -0.481 e. The first kappa shape index (κ1) is 20.7. The summed E-state index contributed by atoms with van der Waals surface area (Å²) in [6.07, 6.45) is 10.3. The zero-order valence-electron chi connectivity index (χ0n) is 15.5. The molecule has 1 fully saturated rings. The second-order valence-corrected chi connectivity index (χ2v) is 7.09. The predicted molar refractivity (Wildman–Crippen MR) is 105 cm³/mol. The van der Waals surface area contributed by atoms with Crippen LogP contribution in [-0.2, 0) is 9.59 Å². The standard InChI is InChI=1S/C21H28N2O4/c22-21(27)23-17-12-8-15(9-13-17)7-10-16-11-14-19(24)18(16)5-3-1-2-4-6-20(25)26/h7-10,12-13,16,18H,1-6,11,14H2,(H,25,26)(H3,22,23,27). The van der Waals surface area contributed by atoms with Crippen LogP contribution in [-0.4, -0.2) is 22.9 Å². The van der Waals surface area contributed by atoms with E-state index in [1.807, 2.05) is 18.2 Å². The number of hydrogen-bond donors (Lipinski definition) is 3. The van der Waals surface area contributed by atoms with E-state index < -0.39 is 12.0 Å². The molecule has 4 N–H and O–H groups in total. The Labute approximate surface area is 159 Å². The molecule has 1 saturated carbocycles. The summed E-state index contributed by atoms with van der Waals surface area (Å²) in [5, 5.41) is 11.2. The molecular weight excluding hydrogens is 344 g/mol. The molecule has 2 rings (SSSR count). The van der Waals surface area contributed by atoms with E-state index in [4.69, 9.17) is 10.8 Å². The number of rotatable bonds is 10. The van der Waals surface area contributed by atoms with Crippen molar-refractivity contribution in [2.75, 3.05) is 5.32 Å². The van der Waals surface area contributed by atoms with Gasteiger partial charge in [-0.1, -0.05) is 43.5 Å². The third kappa shape index (κ3) is 7.25. The van der Waals surface area contributed by atoms with Gasteiger partial charge in [-0.2, -0.15) is 0 Å². The van der Waals surface area contributed by atoms with Gasteiger partial charge in [-0.05, 0) is 42.9 Å². The zero-order chi connectivity index (χ0) is 19.6. The number of urea groups is 1. The quantitative estimate of drug-likeness (QED) is 0.534. The first-order valence-corrected chi connectivity index (χ1v) is 9.55. The van der Waals surface area contributed by atoms with Gasteiger partial charge in [0.15, 0.2) is 0 Å². The predicted octanol–water partition coefficient (Wildman–Crippen LogP) is 4.21. The highest BCUT2D eigenvalue weighted by molar-refractivity contribution is 5.87. The number of anilines is 1. The second-order valence-electron chi connectivity index (χ2n) is 7.09. The summed E-state index contributed by atoms with van der Waals surface area (Å²) in [5.74, 6) is -0.0581. The Hall–Kier alpha value is -2.63. The fourth-order valence-corrected chi connectivity index (χ4v) is 3.59. The molecule has 0 heterocycles. The first-order chi connectivity index (χ1) is 13.0. The molecule has 0 aliphatic heterocycles. The van der Waals surface area contributed by atoms with Crippen LogP contribution in [0.2, 0.25) is 0 Å². The molecule has 6 heteroatoms. The van der Waals surface area contributed by atoms with Crippen molar-refractivity contribution < 1.29 is 19.5 Å². The van der Waals surface area contributed by atoms with Crippen LogP contribution >= 0.6 is 0 Å². The van der Waals surface area contributed by atoms with E-state index in [0.29, 0.717) is 24.3 Å². The van der Waals surface area contributed by atoms with Crippen molar-refractivity contribution in [1.82, 2.24) is 0 Å². The number of hydrogen-bond acceptors (Lipinski definition) is 3. The fourth-order valence-electron chi connectivity index (χ4n) is 3.59. The first-order valence-electron chi connectivity index (χ1n) is 9.55. The third-order valence-corrected chi connectivity index (χ3v) is 5.02. The number of aliphatic carboxylic acids is 1. The minimum atomic E-state index is -0.746. The van der Waals surface area contributed by atoms with Crippen LogP contribution in [0.15, 0.2) is 30.3 Å². The number of nitrogens with one attached hydrogen (secondary N) is 1. The number of ketones is 1. The Bertz CT molecular complexity index is 682. The van der Waals surface area contributed by atoms with Gasteiger partial charge in [0.25, 0.3) is 0 Å². The Balaban J connectivity index is 1.81. The number of carbonyl (C=O) groups is 3. The molecule has 2 amide bonds. The Morgan fingerprint density at radius 1 is 1.15 bits per heavy atom. The molecule has 1 aromatic carbocycles. The topological polar surface area (TPSA) is 109 Å². The Kier molecular flexibility index (Phi) is 8.04. The Morgan fingerprint density at radius 2 is 1.85 bits per heavy atom. The van der Waals surface area contributed by atoms with Gasteiger partial charge in [0.05, 0.1) is 0 Å². The van der Waals surface area contributed by atoms with Crippen molar-refractivity contribution in [3.63, 3.8) is 0 Å². The lowest BCUT2D eigenvalue weighted by Gasteiger charge is -2.14. The van der Waals surface area contributed by atoms with Gasteiger partial charge < -0.3 is 16.2 Å².